The van der Waals surface area contributed by atoms with Crippen molar-refractivity contribution in [3.8, 4) is 17.1 Å². The molecule has 18 heavy (non-hydrogen) atoms. The number of hydrogen-bond acceptors (Lipinski definition) is 5. The Morgan fingerprint density at radius 2 is 2.06 bits per heavy atom. The highest BCUT2D eigenvalue weighted by atomic mass is 32.1. The number of nitrogens with zero attached hydrogens (tertiary/aromatic N) is 3. The Labute approximate surface area is 107 Å². The summed E-state index contributed by atoms with van der Waals surface area (Å²) in [5.41, 5.74) is 6.38. The zero-order valence-corrected chi connectivity index (χ0v) is 9.79. The molecule has 7 nitrogen and oxygen atoms in total. The van der Waals surface area contributed by atoms with E-state index in [1.807, 2.05) is 0 Å². The zero-order valence-electron chi connectivity index (χ0n) is 8.98. The smallest absolute Gasteiger partial charge is 0.269 e. The fourth-order valence-electron chi connectivity index (χ4n) is 1.43. The molecule has 0 aliphatic rings. The van der Waals surface area contributed by atoms with E-state index in [0.717, 1.165) is 4.68 Å². The highest BCUT2D eigenvalue weighted by molar-refractivity contribution is 7.80. The summed E-state index contributed by atoms with van der Waals surface area (Å²) in [6.07, 6.45) is 0. The normalized spacial score (nSPS) is 10.2. The topological polar surface area (TPSA) is 107 Å². The fraction of sp³-hybridized carbons (Fsp3) is 0. The van der Waals surface area contributed by atoms with Crippen LogP contribution in [0.2, 0.25) is 0 Å². The Kier molecular flexibility index (Phi) is 2.94. The predicted octanol–water partition coefficient (Wildman–Crippen LogP) is 1.26. The van der Waals surface area contributed by atoms with Crippen molar-refractivity contribution < 1.29 is 10.0 Å². The van der Waals surface area contributed by atoms with Crippen molar-refractivity contribution in [1.82, 2.24) is 9.78 Å². The van der Waals surface area contributed by atoms with Gasteiger partial charge in [-0.1, -0.05) is 0 Å². The fourth-order valence-corrected chi connectivity index (χ4v) is 1.56. The van der Waals surface area contributed by atoms with Crippen LogP contribution in [0.5, 0.6) is 5.88 Å². The van der Waals surface area contributed by atoms with Gasteiger partial charge in [0, 0.05) is 23.8 Å². The average molecular weight is 264 g/mol. The van der Waals surface area contributed by atoms with Crippen molar-refractivity contribution in [2.24, 2.45) is 5.73 Å². The molecular formula is C10H8N4O3S. The van der Waals surface area contributed by atoms with Gasteiger partial charge in [0.2, 0.25) is 5.88 Å². The minimum absolute atomic E-state index is 0.0169. The van der Waals surface area contributed by atoms with Crippen LogP contribution in [0.3, 0.4) is 0 Å². The molecule has 1 aromatic carbocycles. The van der Waals surface area contributed by atoms with Crippen molar-refractivity contribution >= 4 is 23.0 Å². The Morgan fingerprint density at radius 1 is 1.44 bits per heavy atom. The molecule has 2 aromatic rings. The molecule has 0 atom stereocenters. The Morgan fingerprint density at radius 3 is 2.50 bits per heavy atom. The Bertz CT molecular complexity index is 621. The van der Waals surface area contributed by atoms with Crippen LogP contribution in [0, 0.1) is 10.1 Å². The second kappa shape index (κ2) is 4.41. The molecule has 1 aromatic heterocycles. The molecule has 0 saturated carbocycles. The summed E-state index contributed by atoms with van der Waals surface area (Å²) in [5.74, 6) is -0.184. The van der Waals surface area contributed by atoms with Gasteiger partial charge in [0.1, 0.15) is 0 Å². The van der Waals surface area contributed by atoms with Crippen molar-refractivity contribution in [3.05, 3.63) is 40.4 Å². The summed E-state index contributed by atoms with van der Waals surface area (Å²) in [4.78, 5) is 10.0. The van der Waals surface area contributed by atoms with E-state index in [4.69, 9.17) is 18.0 Å². The van der Waals surface area contributed by atoms with E-state index >= 15 is 0 Å². The third-order valence-electron chi connectivity index (χ3n) is 2.27. The van der Waals surface area contributed by atoms with E-state index in [1.54, 1.807) is 0 Å². The van der Waals surface area contributed by atoms with E-state index in [0.29, 0.717) is 11.3 Å². The number of nitrogens with two attached hydrogens (primary N) is 1. The number of rotatable bonds is 2. The summed E-state index contributed by atoms with van der Waals surface area (Å²) in [6, 6.07) is 7.15. The summed E-state index contributed by atoms with van der Waals surface area (Å²) in [7, 11) is 0. The number of nitro groups is 1. The molecule has 0 spiro atoms. The van der Waals surface area contributed by atoms with Gasteiger partial charge in [0.15, 0.2) is 5.11 Å². The SMILES string of the molecule is NC(=S)n1nc(-c2ccc([N+](=O)[O-])cc2)cc1O. The highest BCUT2D eigenvalue weighted by Gasteiger charge is 2.11. The van der Waals surface area contributed by atoms with Gasteiger partial charge in [-0.3, -0.25) is 10.1 Å². The largest absolute Gasteiger partial charge is 0.493 e. The summed E-state index contributed by atoms with van der Waals surface area (Å²) in [5, 5.41) is 23.9. The maximum Gasteiger partial charge on any atom is 0.269 e. The summed E-state index contributed by atoms with van der Waals surface area (Å²) >= 11 is 4.70. The summed E-state index contributed by atoms with van der Waals surface area (Å²) < 4.78 is 1.01. The van der Waals surface area contributed by atoms with Crippen LogP contribution in [0.4, 0.5) is 5.69 Å². The first kappa shape index (κ1) is 12.0. The molecule has 0 radical (unpaired) electrons. The Hall–Kier alpha value is -2.48. The molecule has 8 heteroatoms. The van der Waals surface area contributed by atoms with E-state index in [-0.39, 0.29) is 16.7 Å². The van der Waals surface area contributed by atoms with Crippen LogP contribution >= 0.6 is 12.2 Å². The zero-order chi connectivity index (χ0) is 13.3. The molecule has 0 aliphatic heterocycles. The van der Waals surface area contributed by atoms with Gasteiger partial charge in [-0.25, -0.2) is 0 Å². The number of aromatic hydroxyl groups is 1. The molecular weight excluding hydrogens is 256 g/mol. The first-order chi connectivity index (χ1) is 8.49. The number of aromatic nitrogens is 2. The van der Waals surface area contributed by atoms with Crippen molar-refractivity contribution in [2.75, 3.05) is 0 Å². The number of hydrogen-bond donors (Lipinski definition) is 2. The highest BCUT2D eigenvalue weighted by Crippen LogP contribution is 2.24. The second-order valence-electron chi connectivity index (χ2n) is 3.44. The van der Waals surface area contributed by atoms with Crippen LogP contribution in [0.15, 0.2) is 30.3 Å². The van der Waals surface area contributed by atoms with Crippen LogP contribution < -0.4 is 5.73 Å². The van der Waals surface area contributed by atoms with Crippen LogP contribution in [-0.2, 0) is 0 Å². The van der Waals surface area contributed by atoms with E-state index in [2.05, 4.69) is 5.10 Å². The molecule has 3 N–H and O–H groups in total. The van der Waals surface area contributed by atoms with Gasteiger partial charge in [-0.2, -0.15) is 9.78 Å². The quantitative estimate of drug-likeness (QED) is 0.480. The Balaban J connectivity index is 2.40. The van der Waals surface area contributed by atoms with Crippen LogP contribution in [-0.4, -0.2) is 24.9 Å². The lowest BCUT2D eigenvalue weighted by molar-refractivity contribution is -0.384. The standard InChI is InChI=1S/C10H8N4O3S/c11-10(18)13-9(15)5-8(12-13)6-1-3-7(4-2-6)14(16)17/h1-5,15H,(H2,11,18). The van der Waals surface area contributed by atoms with Gasteiger partial charge in [0.25, 0.3) is 5.69 Å². The minimum Gasteiger partial charge on any atom is -0.493 e. The molecule has 2 rings (SSSR count). The first-order valence-electron chi connectivity index (χ1n) is 4.82. The van der Waals surface area contributed by atoms with Crippen molar-refractivity contribution in [1.29, 1.82) is 0 Å². The summed E-state index contributed by atoms with van der Waals surface area (Å²) in [6.45, 7) is 0. The molecule has 92 valence electrons. The maximum atomic E-state index is 10.5. The monoisotopic (exact) mass is 264 g/mol. The third kappa shape index (κ3) is 2.13. The number of benzene rings is 1. The molecule has 0 aliphatic carbocycles. The molecule has 0 unspecified atom stereocenters. The van der Waals surface area contributed by atoms with Crippen molar-refractivity contribution in [3.63, 3.8) is 0 Å². The minimum atomic E-state index is -0.491. The van der Waals surface area contributed by atoms with Gasteiger partial charge in [0.05, 0.1) is 10.6 Å². The molecule has 0 fully saturated rings. The van der Waals surface area contributed by atoms with Crippen LogP contribution in [0.25, 0.3) is 11.3 Å². The first-order valence-corrected chi connectivity index (χ1v) is 5.23. The van der Waals surface area contributed by atoms with Gasteiger partial charge >= 0.3 is 0 Å². The third-order valence-corrected chi connectivity index (χ3v) is 2.45. The lowest BCUT2D eigenvalue weighted by Crippen LogP contribution is -2.19. The number of thiocarbonyl (C=S) groups is 1. The van der Waals surface area contributed by atoms with Gasteiger partial charge in [-0.15, -0.1) is 0 Å². The van der Waals surface area contributed by atoms with Gasteiger partial charge in [-0.05, 0) is 24.4 Å². The number of nitro benzene ring substituents is 1. The lowest BCUT2D eigenvalue weighted by atomic mass is 10.1. The van der Waals surface area contributed by atoms with E-state index < -0.39 is 4.92 Å². The number of non-ortho nitro benzene ring substituents is 1. The molecule has 0 bridgehead atoms. The van der Waals surface area contributed by atoms with Crippen LogP contribution in [0.1, 0.15) is 0 Å². The van der Waals surface area contributed by atoms with Crippen molar-refractivity contribution in [2.45, 2.75) is 0 Å². The van der Waals surface area contributed by atoms with E-state index in [9.17, 15) is 15.2 Å². The molecule has 0 amide bonds. The van der Waals surface area contributed by atoms with E-state index in [1.165, 1.54) is 30.3 Å². The molecule has 1 heterocycles. The maximum absolute atomic E-state index is 10.5. The average Bonchev–Trinajstić information content (AvgIpc) is 2.71. The second-order valence-corrected chi connectivity index (χ2v) is 3.86. The molecule has 0 saturated heterocycles. The lowest BCUT2D eigenvalue weighted by Gasteiger charge is -1.97. The van der Waals surface area contributed by atoms with Gasteiger partial charge < -0.3 is 10.8 Å². The predicted molar refractivity (Wildman–Crippen MR) is 68.2 cm³/mol.